The standard InChI is InChI=1S/C10H18N4O2/c1-3-7(5-15)12-4-8-9(11)13-6-14-10(8)16-2/h6-7,12,15H,3-5H2,1-2H3,(H2,11,13,14)/t7-/m1/s1. The molecule has 0 saturated carbocycles. The lowest BCUT2D eigenvalue weighted by Crippen LogP contribution is -2.31. The maximum atomic E-state index is 9.04. The van der Waals surface area contributed by atoms with Crippen LogP contribution >= 0.6 is 0 Å². The first-order valence-electron chi connectivity index (χ1n) is 5.20. The minimum Gasteiger partial charge on any atom is -0.481 e. The van der Waals surface area contributed by atoms with Crippen molar-refractivity contribution in [1.82, 2.24) is 15.3 Å². The van der Waals surface area contributed by atoms with Gasteiger partial charge in [0, 0.05) is 12.6 Å². The Morgan fingerprint density at radius 3 is 2.88 bits per heavy atom. The number of aliphatic hydroxyl groups is 1. The first-order chi connectivity index (χ1) is 7.72. The van der Waals surface area contributed by atoms with Gasteiger partial charge in [-0.1, -0.05) is 6.92 Å². The highest BCUT2D eigenvalue weighted by Gasteiger charge is 2.11. The molecule has 1 rings (SSSR count). The van der Waals surface area contributed by atoms with E-state index < -0.39 is 0 Å². The van der Waals surface area contributed by atoms with E-state index in [2.05, 4.69) is 15.3 Å². The molecule has 6 heteroatoms. The SMILES string of the molecule is CC[C@H](CO)NCc1c(N)ncnc1OC. The Morgan fingerprint density at radius 2 is 2.31 bits per heavy atom. The Labute approximate surface area is 94.9 Å². The van der Waals surface area contributed by atoms with Crippen LogP contribution in [0.3, 0.4) is 0 Å². The van der Waals surface area contributed by atoms with E-state index in [1.54, 1.807) is 0 Å². The van der Waals surface area contributed by atoms with Gasteiger partial charge in [-0.3, -0.25) is 0 Å². The molecule has 1 aromatic rings. The predicted molar refractivity (Wildman–Crippen MR) is 61.0 cm³/mol. The normalized spacial score (nSPS) is 12.4. The predicted octanol–water partition coefficient (Wildman–Crippen LogP) is -0.0721. The van der Waals surface area contributed by atoms with Crippen LogP contribution in [0, 0.1) is 0 Å². The molecule has 0 bridgehead atoms. The van der Waals surface area contributed by atoms with Crippen LogP contribution in [0.4, 0.5) is 5.82 Å². The molecule has 0 aliphatic carbocycles. The summed E-state index contributed by atoms with van der Waals surface area (Å²) in [6.07, 6.45) is 2.20. The maximum absolute atomic E-state index is 9.04. The van der Waals surface area contributed by atoms with E-state index in [1.807, 2.05) is 6.92 Å². The van der Waals surface area contributed by atoms with Gasteiger partial charge in [0.2, 0.25) is 5.88 Å². The van der Waals surface area contributed by atoms with Gasteiger partial charge < -0.3 is 20.9 Å². The fourth-order valence-corrected chi connectivity index (χ4v) is 1.34. The molecule has 0 fully saturated rings. The van der Waals surface area contributed by atoms with Crippen molar-refractivity contribution < 1.29 is 9.84 Å². The number of hydrogen-bond donors (Lipinski definition) is 3. The van der Waals surface area contributed by atoms with Crippen LogP contribution in [-0.2, 0) is 6.54 Å². The van der Waals surface area contributed by atoms with Gasteiger partial charge in [0.15, 0.2) is 0 Å². The van der Waals surface area contributed by atoms with Crippen LogP contribution in [0.15, 0.2) is 6.33 Å². The highest BCUT2D eigenvalue weighted by molar-refractivity contribution is 5.44. The van der Waals surface area contributed by atoms with Crippen LogP contribution < -0.4 is 15.8 Å². The van der Waals surface area contributed by atoms with Crippen LogP contribution in [0.1, 0.15) is 18.9 Å². The maximum Gasteiger partial charge on any atom is 0.222 e. The van der Waals surface area contributed by atoms with E-state index in [4.69, 9.17) is 15.6 Å². The van der Waals surface area contributed by atoms with E-state index in [0.717, 1.165) is 12.0 Å². The lowest BCUT2D eigenvalue weighted by molar-refractivity contribution is 0.237. The molecule has 0 aliphatic heterocycles. The van der Waals surface area contributed by atoms with E-state index >= 15 is 0 Å². The van der Waals surface area contributed by atoms with Gasteiger partial charge in [-0.15, -0.1) is 0 Å². The molecule has 0 saturated heterocycles. The highest BCUT2D eigenvalue weighted by atomic mass is 16.5. The van der Waals surface area contributed by atoms with Crippen molar-refractivity contribution in [1.29, 1.82) is 0 Å². The van der Waals surface area contributed by atoms with Gasteiger partial charge in [0.25, 0.3) is 0 Å². The first-order valence-corrected chi connectivity index (χ1v) is 5.20. The third-order valence-electron chi connectivity index (χ3n) is 2.41. The molecular formula is C10H18N4O2. The molecular weight excluding hydrogens is 208 g/mol. The Morgan fingerprint density at radius 1 is 1.56 bits per heavy atom. The zero-order valence-electron chi connectivity index (χ0n) is 9.60. The second-order valence-corrected chi connectivity index (χ2v) is 3.42. The second kappa shape index (κ2) is 6.24. The quantitative estimate of drug-likeness (QED) is 0.628. The summed E-state index contributed by atoms with van der Waals surface area (Å²) in [6.45, 7) is 2.57. The summed E-state index contributed by atoms with van der Waals surface area (Å²) in [5.74, 6) is 0.861. The molecule has 4 N–H and O–H groups in total. The monoisotopic (exact) mass is 226 g/mol. The van der Waals surface area contributed by atoms with Crippen molar-refractivity contribution in [2.45, 2.75) is 25.9 Å². The van der Waals surface area contributed by atoms with E-state index in [0.29, 0.717) is 18.2 Å². The number of methoxy groups -OCH3 is 1. The van der Waals surface area contributed by atoms with Crippen LogP contribution in [0.2, 0.25) is 0 Å². The number of aromatic nitrogens is 2. The van der Waals surface area contributed by atoms with Gasteiger partial charge in [-0.2, -0.15) is 0 Å². The van der Waals surface area contributed by atoms with Crippen molar-refractivity contribution in [2.75, 3.05) is 19.5 Å². The van der Waals surface area contributed by atoms with Gasteiger partial charge in [-0.25, -0.2) is 9.97 Å². The summed E-state index contributed by atoms with van der Waals surface area (Å²) in [4.78, 5) is 7.87. The van der Waals surface area contributed by atoms with Crippen molar-refractivity contribution >= 4 is 5.82 Å². The number of nitrogen functional groups attached to an aromatic ring is 1. The Hall–Kier alpha value is -1.40. The average Bonchev–Trinajstić information content (AvgIpc) is 2.31. The number of aliphatic hydroxyl groups excluding tert-OH is 1. The average molecular weight is 226 g/mol. The van der Waals surface area contributed by atoms with Crippen molar-refractivity contribution in [3.8, 4) is 5.88 Å². The lowest BCUT2D eigenvalue weighted by atomic mass is 10.2. The van der Waals surface area contributed by atoms with Gasteiger partial charge in [-0.05, 0) is 6.42 Å². The molecule has 0 unspecified atom stereocenters. The minimum atomic E-state index is 0.0457. The zero-order valence-corrected chi connectivity index (χ0v) is 9.60. The van der Waals surface area contributed by atoms with Crippen molar-refractivity contribution in [2.24, 2.45) is 0 Å². The minimum absolute atomic E-state index is 0.0457. The fourth-order valence-electron chi connectivity index (χ4n) is 1.34. The third-order valence-corrected chi connectivity index (χ3v) is 2.41. The summed E-state index contributed by atoms with van der Waals surface area (Å²) in [5, 5.41) is 12.2. The molecule has 0 amide bonds. The smallest absolute Gasteiger partial charge is 0.222 e. The number of anilines is 1. The number of ether oxygens (including phenoxy) is 1. The summed E-state index contributed by atoms with van der Waals surface area (Å²) in [6, 6.07) is 0.0457. The summed E-state index contributed by atoms with van der Waals surface area (Å²) < 4.78 is 5.09. The summed E-state index contributed by atoms with van der Waals surface area (Å²) >= 11 is 0. The van der Waals surface area contributed by atoms with Crippen molar-refractivity contribution in [3.05, 3.63) is 11.9 Å². The van der Waals surface area contributed by atoms with Crippen LogP contribution in [-0.4, -0.2) is 34.8 Å². The molecule has 1 atom stereocenters. The topological polar surface area (TPSA) is 93.3 Å². The number of nitrogens with one attached hydrogen (secondary N) is 1. The first kappa shape index (κ1) is 12.7. The largest absolute Gasteiger partial charge is 0.481 e. The fraction of sp³-hybridized carbons (Fsp3) is 0.600. The van der Waals surface area contributed by atoms with Gasteiger partial charge in [0.1, 0.15) is 12.1 Å². The third kappa shape index (κ3) is 3.04. The van der Waals surface area contributed by atoms with Crippen LogP contribution in [0.5, 0.6) is 5.88 Å². The van der Waals surface area contributed by atoms with E-state index in [9.17, 15) is 0 Å². The summed E-state index contributed by atoms with van der Waals surface area (Å²) in [5.41, 5.74) is 6.45. The Balaban J connectivity index is 2.72. The molecule has 0 spiro atoms. The summed E-state index contributed by atoms with van der Waals surface area (Å²) in [7, 11) is 1.54. The zero-order chi connectivity index (χ0) is 12.0. The molecule has 1 heterocycles. The number of rotatable bonds is 6. The lowest BCUT2D eigenvalue weighted by Gasteiger charge is -2.15. The number of nitrogens with zero attached hydrogens (tertiary/aromatic N) is 2. The molecule has 16 heavy (non-hydrogen) atoms. The molecule has 90 valence electrons. The van der Waals surface area contributed by atoms with Crippen molar-refractivity contribution in [3.63, 3.8) is 0 Å². The van der Waals surface area contributed by atoms with Crippen LogP contribution in [0.25, 0.3) is 0 Å². The Bertz CT molecular complexity index is 329. The molecule has 6 nitrogen and oxygen atoms in total. The molecule has 0 radical (unpaired) electrons. The van der Waals surface area contributed by atoms with Gasteiger partial charge >= 0.3 is 0 Å². The van der Waals surface area contributed by atoms with E-state index in [-0.39, 0.29) is 12.6 Å². The number of nitrogens with two attached hydrogens (primary N) is 1. The van der Waals surface area contributed by atoms with E-state index in [1.165, 1.54) is 13.4 Å². The molecule has 0 aromatic carbocycles. The molecule has 1 aromatic heterocycles. The van der Waals surface area contributed by atoms with Gasteiger partial charge in [0.05, 0.1) is 19.3 Å². The Kier molecular flexibility index (Phi) is 4.94. The molecule has 0 aliphatic rings. The second-order valence-electron chi connectivity index (χ2n) is 3.42. The number of hydrogen-bond acceptors (Lipinski definition) is 6. The highest BCUT2D eigenvalue weighted by Crippen LogP contribution is 2.18.